The minimum Gasteiger partial charge on any atom is -0.316 e. The van der Waals surface area contributed by atoms with Gasteiger partial charge < -0.3 is 10.6 Å². The zero-order valence-corrected chi connectivity index (χ0v) is 10.1. The van der Waals surface area contributed by atoms with Crippen molar-refractivity contribution in [1.82, 2.24) is 15.4 Å². The zero-order chi connectivity index (χ0) is 10.4. The monoisotopic (exact) mass is 217 g/mol. The van der Waals surface area contributed by atoms with Crippen molar-refractivity contribution in [2.24, 2.45) is 0 Å². The van der Waals surface area contributed by atoms with E-state index in [1.54, 1.807) is 0 Å². The molecule has 1 aliphatic rings. The number of hydrogen-bond acceptors (Lipinski definition) is 4. The van der Waals surface area contributed by atoms with E-state index in [1.807, 2.05) is 7.05 Å². The Morgan fingerprint density at radius 3 is 2.29 bits per heavy atom. The third kappa shape index (κ3) is 4.17. The molecule has 84 valence electrons. The first-order valence-corrected chi connectivity index (χ1v) is 6.01. The molecule has 0 bridgehead atoms. The first-order valence-electron chi connectivity index (χ1n) is 5.56. The van der Waals surface area contributed by atoms with Gasteiger partial charge in [-0.1, -0.05) is 12.8 Å². The Hall–Kier alpha value is 0.230. The lowest BCUT2D eigenvalue weighted by molar-refractivity contribution is 0.326. The minimum absolute atomic E-state index is 0.565. The highest BCUT2D eigenvalue weighted by Crippen LogP contribution is 2.18. The van der Waals surface area contributed by atoms with E-state index in [4.69, 9.17) is 0 Å². The second kappa shape index (κ2) is 6.67. The van der Waals surface area contributed by atoms with Crippen LogP contribution >= 0.6 is 12.8 Å². The van der Waals surface area contributed by atoms with Gasteiger partial charge in [0.2, 0.25) is 0 Å². The van der Waals surface area contributed by atoms with Crippen LogP contribution < -0.4 is 15.4 Å². The first-order chi connectivity index (χ1) is 6.76. The lowest BCUT2D eigenvalue weighted by Gasteiger charge is -2.29. The Morgan fingerprint density at radius 1 is 1.21 bits per heavy atom. The molecule has 0 aromatic carbocycles. The highest BCUT2D eigenvalue weighted by Gasteiger charge is 2.19. The van der Waals surface area contributed by atoms with Gasteiger partial charge in [0, 0.05) is 24.7 Å². The maximum Gasteiger partial charge on any atom is 0.0170 e. The fourth-order valence-corrected chi connectivity index (χ4v) is 2.13. The fourth-order valence-electron chi connectivity index (χ4n) is 1.87. The second-order valence-electron chi connectivity index (χ2n) is 4.28. The van der Waals surface area contributed by atoms with Gasteiger partial charge in [-0.3, -0.25) is 4.72 Å². The van der Waals surface area contributed by atoms with Crippen molar-refractivity contribution in [2.45, 2.75) is 50.7 Å². The molecule has 3 N–H and O–H groups in total. The SMILES string of the molecule is CNC(C)CNC1CCC(NS)CC1. The van der Waals surface area contributed by atoms with Crippen molar-refractivity contribution in [3.63, 3.8) is 0 Å². The van der Waals surface area contributed by atoms with Gasteiger partial charge >= 0.3 is 0 Å². The molecule has 1 fully saturated rings. The van der Waals surface area contributed by atoms with Crippen molar-refractivity contribution in [3.05, 3.63) is 0 Å². The number of thiol groups is 1. The molecule has 0 radical (unpaired) electrons. The van der Waals surface area contributed by atoms with Gasteiger partial charge in [-0.25, -0.2) is 0 Å². The lowest BCUT2D eigenvalue weighted by atomic mass is 9.92. The van der Waals surface area contributed by atoms with Crippen molar-refractivity contribution in [3.8, 4) is 0 Å². The Kier molecular flexibility index (Phi) is 5.86. The number of nitrogens with one attached hydrogen (secondary N) is 3. The van der Waals surface area contributed by atoms with Crippen LogP contribution in [0.25, 0.3) is 0 Å². The highest BCUT2D eigenvalue weighted by atomic mass is 32.1. The van der Waals surface area contributed by atoms with Crippen LogP contribution in [0.3, 0.4) is 0 Å². The molecule has 0 aliphatic heterocycles. The largest absolute Gasteiger partial charge is 0.316 e. The molecule has 0 spiro atoms. The predicted molar refractivity (Wildman–Crippen MR) is 64.7 cm³/mol. The molecule has 0 amide bonds. The molecule has 1 saturated carbocycles. The van der Waals surface area contributed by atoms with Gasteiger partial charge in [-0.2, -0.15) is 0 Å². The summed E-state index contributed by atoms with van der Waals surface area (Å²) in [6.45, 7) is 3.27. The Labute approximate surface area is 93.0 Å². The van der Waals surface area contributed by atoms with Gasteiger partial charge in [0.05, 0.1) is 0 Å². The highest BCUT2D eigenvalue weighted by molar-refractivity contribution is 7.78. The molecule has 1 aliphatic carbocycles. The van der Waals surface area contributed by atoms with Crippen LogP contribution in [-0.2, 0) is 0 Å². The summed E-state index contributed by atoms with van der Waals surface area (Å²) in [4.78, 5) is 0. The van der Waals surface area contributed by atoms with Gasteiger partial charge in [0.1, 0.15) is 0 Å². The van der Waals surface area contributed by atoms with E-state index in [1.165, 1.54) is 25.7 Å². The third-order valence-electron chi connectivity index (χ3n) is 3.12. The van der Waals surface area contributed by atoms with Gasteiger partial charge in [-0.05, 0) is 39.7 Å². The van der Waals surface area contributed by atoms with Crippen LogP contribution in [0.2, 0.25) is 0 Å². The molecule has 0 heterocycles. The number of hydrogen-bond donors (Lipinski definition) is 4. The maximum absolute atomic E-state index is 4.11. The normalized spacial score (nSPS) is 30.2. The van der Waals surface area contributed by atoms with Gasteiger partial charge in [-0.15, -0.1) is 0 Å². The van der Waals surface area contributed by atoms with E-state index >= 15 is 0 Å². The Morgan fingerprint density at radius 2 is 1.79 bits per heavy atom. The average Bonchev–Trinajstić information content (AvgIpc) is 2.26. The molecule has 0 aromatic heterocycles. The number of rotatable bonds is 5. The molecule has 0 aromatic rings. The summed E-state index contributed by atoms with van der Waals surface area (Å²) in [7, 11) is 2.01. The first kappa shape index (κ1) is 12.3. The van der Waals surface area contributed by atoms with E-state index < -0.39 is 0 Å². The smallest absolute Gasteiger partial charge is 0.0170 e. The van der Waals surface area contributed by atoms with E-state index in [2.05, 4.69) is 35.1 Å². The van der Waals surface area contributed by atoms with Crippen molar-refractivity contribution >= 4 is 12.8 Å². The van der Waals surface area contributed by atoms with E-state index in [9.17, 15) is 0 Å². The summed E-state index contributed by atoms with van der Waals surface area (Å²) in [6.07, 6.45) is 5.04. The molecule has 1 rings (SSSR count). The van der Waals surface area contributed by atoms with Crippen LogP contribution in [0.15, 0.2) is 0 Å². The molecule has 1 atom stereocenters. The molecule has 1 unspecified atom stereocenters. The number of likely N-dealkylation sites (N-methyl/N-ethyl adjacent to an activating group) is 1. The predicted octanol–water partition coefficient (Wildman–Crippen LogP) is 0.929. The summed E-state index contributed by atoms with van der Waals surface area (Å²) in [6, 6.07) is 1.90. The van der Waals surface area contributed by atoms with E-state index in [0.717, 1.165) is 6.54 Å². The van der Waals surface area contributed by atoms with Crippen LogP contribution in [0, 0.1) is 0 Å². The Balaban J connectivity index is 2.10. The van der Waals surface area contributed by atoms with Crippen LogP contribution in [0.5, 0.6) is 0 Å². The molecular formula is C10H23N3S. The van der Waals surface area contributed by atoms with Crippen molar-refractivity contribution < 1.29 is 0 Å². The van der Waals surface area contributed by atoms with E-state index in [-0.39, 0.29) is 0 Å². The van der Waals surface area contributed by atoms with Crippen LogP contribution in [-0.4, -0.2) is 31.7 Å². The van der Waals surface area contributed by atoms with Gasteiger partial charge in [0.15, 0.2) is 0 Å². The summed E-state index contributed by atoms with van der Waals surface area (Å²) in [5.74, 6) is 0. The molecule has 3 nitrogen and oxygen atoms in total. The molecule has 4 heteroatoms. The summed E-state index contributed by atoms with van der Waals surface area (Å²) in [5.41, 5.74) is 0. The maximum atomic E-state index is 4.11. The van der Waals surface area contributed by atoms with Crippen molar-refractivity contribution in [2.75, 3.05) is 13.6 Å². The summed E-state index contributed by atoms with van der Waals surface area (Å²) in [5, 5.41) is 6.84. The molecule has 0 saturated heterocycles. The topological polar surface area (TPSA) is 36.1 Å². The summed E-state index contributed by atoms with van der Waals surface area (Å²) < 4.78 is 3.05. The van der Waals surface area contributed by atoms with E-state index in [0.29, 0.717) is 18.1 Å². The van der Waals surface area contributed by atoms with Crippen LogP contribution in [0.4, 0.5) is 0 Å². The third-order valence-corrected chi connectivity index (χ3v) is 3.48. The van der Waals surface area contributed by atoms with Crippen molar-refractivity contribution in [1.29, 1.82) is 0 Å². The summed E-state index contributed by atoms with van der Waals surface area (Å²) >= 11 is 4.11. The quantitative estimate of drug-likeness (QED) is 0.518. The zero-order valence-electron chi connectivity index (χ0n) is 9.21. The minimum atomic E-state index is 0.565. The average molecular weight is 217 g/mol. The fraction of sp³-hybridized carbons (Fsp3) is 1.00. The molecular weight excluding hydrogens is 194 g/mol. The second-order valence-corrected chi connectivity index (χ2v) is 4.53. The molecule has 14 heavy (non-hydrogen) atoms. The lowest BCUT2D eigenvalue weighted by Crippen LogP contribution is -2.42. The van der Waals surface area contributed by atoms with Gasteiger partial charge in [0.25, 0.3) is 0 Å². The van der Waals surface area contributed by atoms with Crippen LogP contribution in [0.1, 0.15) is 32.6 Å². The Bertz CT molecular complexity index is 146. The standard InChI is InChI=1S/C10H23N3S/c1-8(11-2)7-12-9-3-5-10(13-14)6-4-9/h8-14H,3-7H2,1-2H3.